The van der Waals surface area contributed by atoms with E-state index in [4.69, 9.17) is 9.47 Å². The fraction of sp³-hybridized carbons (Fsp3) is 0.889. The van der Waals surface area contributed by atoms with Crippen LogP contribution in [0.25, 0.3) is 0 Å². The van der Waals surface area contributed by atoms with Gasteiger partial charge in [-0.2, -0.15) is 0 Å². The molecule has 3 heteroatoms. The molecule has 0 unspecified atom stereocenters. The molecule has 0 N–H and O–H groups in total. The molecule has 0 saturated carbocycles. The predicted octanol–water partition coefficient (Wildman–Crippen LogP) is 1.36. The molecule has 0 aromatic rings. The molecule has 0 aromatic heterocycles. The van der Waals surface area contributed by atoms with Crippen molar-refractivity contribution in [2.45, 2.75) is 33.3 Å². The molecule has 70 valence electrons. The zero-order valence-corrected chi connectivity index (χ0v) is 7.92. The summed E-state index contributed by atoms with van der Waals surface area (Å²) in [7, 11) is 0. The average molecular weight is 172 g/mol. The predicted molar refractivity (Wildman–Crippen MR) is 44.8 cm³/mol. The summed E-state index contributed by atoms with van der Waals surface area (Å²) in [4.78, 5) is 11.2. The smallest absolute Gasteiger partial charge is 0.311 e. The Morgan fingerprint density at radius 2 is 2.17 bits per heavy atom. The van der Waals surface area contributed by atoms with Gasteiger partial charge >= 0.3 is 5.97 Å². The Hall–Kier alpha value is -0.570. The van der Waals surface area contributed by atoms with Crippen LogP contribution in [0.3, 0.4) is 0 Å². The molecule has 0 bridgehead atoms. The molecule has 1 rings (SSSR count). The Morgan fingerprint density at radius 1 is 1.58 bits per heavy atom. The second-order valence-electron chi connectivity index (χ2n) is 4.13. The van der Waals surface area contributed by atoms with E-state index in [0.29, 0.717) is 12.7 Å². The van der Waals surface area contributed by atoms with Gasteiger partial charge in [0.25, 0.3) is 0 Å². The van der Waals surface area contributed by atoms with Gasteiger partial charge in [0.2, 0.25) is 0 Å². The van der Waals surface area contributed by atoms with Gasteiger partial charge in [-0.3, -0.25) is 4.79 Å². The van der Waals surface area contributed by atoms with Gasteiger partial charge in [0.05, 0.1) is 24.7 Å². The molecule has 0 radical (unpaired) electrons. The van der Waals surface area contributed by atoms with Crippen LogP contribution in [0.2, 0.25) is 0 Å². The third-order valence-electron chi connectivity index (χ3n) is 1.69. The molecule has 1 atom stereocenters. The molecule has 0 spiro atoms. The number of carbonyl (C=O) groups excluding carboxylic acids is 1. The van der Waals surface area contributed by atoms with E-state index < -0.39 is 0 Å². The first kappa shape index (κ1) is 9.52. The highest BCUT2D eigenvalue weighted by Crippen LogP contribution is 2.17. The number of rotatable bonds is 3. The molecular formula is C9H16O3. The van der Waals surface area contributed by atoms with E-state index >= 15 is 0 Å². The van der Waals surface area contributed by atoms with Crippen LogP contribution in [0.1, 0.15) is 27.2 Å². The Balaban J connectivity index is 2.08. The van der Waals surface area contributed by atoms with Crippen LogP contribution >= 0.6 is 0 Å². The average Bonchev–Trinajstić information content (AvgIpc) is 2.69. The molecule has 0 aliphatic carbocycles. The highest BCUT2D eigenvalue weighted by atomic mass is 16.6. The van der Waals surface area contributed by atoms with Crippen molar-refractivity contribution < 1.29 is 14.3 Å². The number of ether oxygens (including phenoxy) is 2. The number of hydrogen-bond acceptors (Lipinski definition) is 3. The fourth-order valence-electron chi connectivity index (χ4n) is 0.734. The topological polar surface area (TPSA) is 38.8 Å². The quantitative estimate of drug-likeness (QED) is 0.476. The van der Waals surface area contributed by atoms with Gasteiger partial charge in [0.15, 0.2) is 0 Å². The lowest BCUT2D eigenvalue weighted by Crippen LogP contribution is -2.23. The second kappa shape index (κ2) is 3.44. The number of esters is 1. The van der Waals surface area contributed by atoms with E-state index in [1.54, 1.807) is 0 Å². The Morgan fingerprint density at radius 3 is 2.58 bits per heavy atom. The summed E-state index contributed by atoms with van der Waals surface area (Å²) < 4.78 is 10.0. The van der Waals surface area contributed by atoms with E-state index in [0.717, 1.165) is 13.0 Å². The van der Waals surface area contributed by atoms with E-state index in [1.807, 2.05) is 20.8 Å². The van der Waals surface area contributed by atoms with Gasteiger partial charge < -0.3 is 9.47 Å². The van der Waals surface area contributed by atoms with Crippen molar-refractivity contribution in [3.05, 3.63) is 0 Å². The van der Waals surface area contributed by atoms with Crippen LogP contribution in [-0.4, -0.2) is 25.3 Å². The van der Waals surface area contributed by atoms with Gasteiger partial charge in [-0.15, -0.1) is 0 Å². The minimum Gasteiger partial charge on any atom is -0.465 e. The van der Waals surface area contributed by atoms with Crippen molar-refractivity contribution in [3.8, 4) is 0 Å². The zero-order valence-electron chi connectivity index (χ0n) is 7.92. The maximum absolute atomic E-state index is 11.2. The van der Waals surface area contributed by atoms with E-state index in [2.05, 4.69) is 0 Å². The maximum Gasteiger partial charge on any atom is 0.311 e. The van der Waals surface area contributed by atoms with Crippen LogP contribution in [-0.2, 0) is 14.3 Å². The van der Waals surface area contributed by atoms with Crippen LogP contribution in [0.4, 0.5) is 0 Å². The summed E-state index contributed by atoms with van der Waals surface area (Å²) in [5.41, 5.74) is -0.385. The van der Waals surface area contributed by atoms with Gasteiger partial charge in [-0.1, -0.05) is 0 Å². The van der Waals surface area contributed by atoms with Crippen LogP contribution in [0.15, 0.2) is 0 Å². The molecule has 1 aliphatic rings. The van der Waals surface area contributed by atoms with Crippen molar-refractivity contribution in [2.75, 3.05) is 13.2 Å². The van der Waals surface area contributed by atoms with Crippen LogP contribution in [0, 0.1) is 5.41 Å². The zero-order chi connectivity index (χ0) is 9.19. The lowest BCUT2D eigenvalue weighted by Gasteiger charge is -2.15. The van der Waals surface area contributed by atoms with E-state index in [9.17, 15) is 4.79 Å². The van der Waals surface area contributed by atoms with E-state index in [-0.39, 0.29) is 11.4 Å². The monoisotopic (exact) mass is 172 g/mol. The van der Waals surface area contributed by atoms with Gasteiger partial charge in [0, 0.05) is 6.42 Å². The lowest BCUT2D eigenvalue weighted by molar-refractivity contribution is -0.153. The standard InChI is InChI=1S/C9H16O3/c1-9(2,3)8(10)11-5-4-7-6-12-7/h7H,4-6H2,1-3H3/t7-/m0/s1. The highest BCUT2D eigenvalue weighted by Gasteiger charge is 2.25. The molecule has 12 heavy (non-hydrogen) atoms. The maximum atomic E-state index is 11.2. The molecule has 0 aromatic carbocycles. The van der Waals surface area contributed by atoms with Gasteiger partial charge in [-0.25, -0.2) is 0 Å². The largest absolute Gasteiger partial charge is 0.465 e. The molecule has 0 amide bonds. The summed E-state index contributed by atoms with van der Waals surface area (Å²) in [6.07, 6.45) is 1.18. The summed E-state index contributed by atoms with van der Waals surface area (Å²) in [6, 6.07) is 0. The fourth-order valence-corrected chi connectivity index (χ4v) is 0.734. The van der Waals surface area contributed by atoms with Crippen molar-refractivity contribution in [1.29, 1.82) is 0 Å². The van der Waals surface area contributed by atoms with Crippen molar-refractivity contribution in [1.82, 2.24) is 0 Å². The summed E-state index contributed by atoms with van der Waals surface area (Å²) in [5.74, 6) is -0.136. The van der Waals surface area contributed by atoms with Gasteiger partial charge in [-0.05, 0) is 20.8 Å². The first-order valence-corrected chi connectivity index (χ1v) is 4.29. The lowest BCUT2D eigenvalue weighted by atomic mass is 9.97. The third-order valence-corrected chi connectivity index (χ3v) is 1.69. The third kappa shape index (κ3) is 3.22. The minimum atomic E-state index is -0.385. The molecule has 1 aliphatic heterocycles. The summed E-state index contributed by atoms with van der Waals surface area (Å²) in [6.45, 7) is 6.86. The summed E-state index contributed by atoms with van der Waals surface area (Å²) >= 11 is 0. The summed E-state index contributed by atoms with van der Waals surface area (Å²) in [5, 5.41) is 0. The first-order valence-electron chi connectivity index (χ1n) is 4.29. The van der Waals surface area contributed by atoms with Crippen molar-refractivity contribution in [2.24, 2.45) is 5.41 Å². The van der Waals surface area contributed by atoms with Crippen molar-refractivity contribution in [3.63, 3.8) is 0 Å². The Bertz CT molecular complexity index is 165. The highest BCUT2D eigenvalue weighted by molar-refractivity contribution is 5.75. The Labute approximate surface area is 73.0 Å². The van der Waals surface area contributed by atoms with Gasteiger partial charge in [0.1, 0.15) is 0 Å². The first-order chi connectivity index (χ1) is 5.50. The molecular weight excluding hydrogens is 156 g/mol. The number of epoxide rings is 1. The molecule has 1 heterocycles. The second-order valence-corrected chi connectivity index (χ2v) is 4.13. The van der Waals surface area contributed by atoms with E-state index in [1.165, 1.54) is 0 Å². The van der Waals surface area contributed by atoms with Crippen LogP contribution < -0.4 is 0 Å². The molecule has 1 fully saturated rings. The molecule has 3 nitrogen and oxygen atoms in total. The van der Waals surface area contributed by atoms with Crippen molar-refractivity contribution >= 4 is 5.97 Å². The SMILES string of the molecule is CC(C)(C)C(=O)OCC[C@H]1CO1. The minimum absolute atomic E-state index is 0.136. The normalized spacial score (nSPS) is 22.1. The molecule has 1 saturated heterocycles. The number of carbonyl (C=O) groups is 1. The Kier molecular flexibility index (Phi) is 2.73. The van der Waals surface area contributed by atoms with Crippen LogP contribution in [0.5, 0.6) is 0 Å². The number of hydrogen-bond donors (Lipinski definition) is 0.